The van der Waals surface area contributed by atoms with Crippen LogP contribution in [-0.4, -0.2) is 39.1 Å². The lowest BCUT2D eigenvalue weighted by molar-refractivity contribution is -0.138. The monoisotopic (exact) mass is 368 g/mol. The number of carbonyl (C=O) groups is 2. The highest BCUT2D eigenvalue weighted by molar-refractivity contribution is 5.88. The number of fused-ring (bicyclic) bond motifs is 1. The van der Waals surface area contributed by atoms with Crippen LogP contribution in [0.1, 0.15) is 24.1 Å². The summed E-state index contributed by atoms with van der Waals surface area (Å²) in [5.74, 6) is -0.698. The number of ether oxygens (including phenoxy) is 1. The van der Waals surface area contributed by atoms with E-state index in [1.165, 1.54) is 10.9 Å². The summed E-state index contributed by atoms with van der Waals surface area (Å²) in [6, 6.07) is 11.7. The first-order chi connectivity index (χ1) is 13.0. The summed E-state index contributed by atoms with van der Waals surface area (Å²) in [7, 11) is 1.63. The molecule has 3 rings (SSSR count). The highest BCUT2D eigenvalue weighted by atomic mass is 16.5. The molecule has 0 saturated heterocycles. The molecular formula is C19H20N4O4. The van der Waals surface area contributed by atoms with E-state index in [4.69, 9.17) is 9.84 Å². The zero-order chi connectivity index (χ0) is 19.4. The van der Waals surface area contributed by atoms with Crippen LogP contribution in [0.25, 0.3) is 10.8 Å². The van der Waals surface area contributed by atoms with E-state index in [1.807, 2.05) is 43.3 Å². The van der Waals surface area contributed by atoms with Gasteiger partial charge < -0.3 is 15.2 Å². The molecule has 0 aliphatic carbocycles. The fourth-order valence-corrected chi connectivity index (χ4v) is 2.76. The minimum Gasteiger partial charge on any atom is -0.497 e. The van der Waals surface area contributed by atoms with Crippen LogP contribution in [0.3, 0.4) is 0 Å². The molecule has 1 amide bonds. The number of hydrogen-bond donors (Lipinski definition) is 2. The molecule has 0 aliphatic heterocycles. The molecule has 1 atom stereocenters. The highest BCUT2D eigenvalue weighted by Gasteiger charge is 2.16. The van der Waals surface area contributed by atoms with Gasteiger partial charge in [0, 0.05) is 0 Å². The minimum atomic E-state index is -1.00. The first-order valence-corrected chi connectivity index (χ1v) is 8.42. The molecule has 8 nitrogen and oxygen atoms in total. The molecule has 1 unspecified atom stereocenters. The maximum atomic E-state index is 12.5. The Labute approximate surface area is 155 Å². The Morgan fingerprint density at radius 1 is 1.22 bits per heavy atom. The summed E-state index contributed by atoms with van der Waals surface area (Å²) in [5.41, 5.74) is 1.40. The predicted octanol–water partition coefficient (Wildman–Crippen LogP) is 1.94. The Hall–Kier alpha value is -3.42. The van der Waals surface area contributed by atoms with Gasteiger partial charge in [0.15, 0.2) is 0 Å². The van der Waals surface area contributed by atoms with Gasteiger partial charge in [-0.2, -0.15) is 0 Å². The Kier molecular flexibility index (Phi) is 5.35. The van der Waals surface area contributed by atoms with Gasteiger partial charge in [0.1, 0.15) is 18.0 Å². The van der Waals surface area contributed by atoms with Gasteiger partial charge in [-0.25, -0.2) is 4.68 Å². The topological polar surface area (TPSA) is 106 Å². The van der Waals surface area contributed by atoms with E-state index in [2.05, 4.69) is 15.6 Å². The Morgan fingerprint density at radius 3 is 2.70 bits per heavy atom. The predicted molar refractivity (Wildman–Crippen MR) is 98.4 cm³/mol. The van der Waals surface area contributed by atoms with Crippen LogP contribution in [0.15, 0.2) is 42.6 Å². The largest absolute Gasteiger partial charge is 0.497 e. The first kappa shape index (κ1) is 18.4. The lowest BCUT2D eigenvalue weighted by Crippen LogP contribution is -2.27. The second kappa shape index (κ2) is 7.86. The molecule has 0 aliphatic rings. The Morgan fingerprint density at radius 2 is 1.96 bits per heavy atom. The minimum absolute atomic E-state index is 0.143. The third kappa shape index (κ3) is 4.41. The van der Waals surface area contributed by atoms with Crippen molar-refractivity contribution in [1.82, 2.24) is 20.3 Å². The normalized spacial score (nSPS) is 11.9. The molecule has 2 N–H and O–H groups in total. The smallest absolute Gasteiger partial charge is 0.325 e. The third-order valence-electron chi connectivity index (χ3n) is 4.29. The molecule has 0 saturated carbocycles. The van der Waals surface area contributed by atoms with Gasteiger partial charge in [0.2, 0.25) is 5.91 Å². The summed E-state index contributed by atoms with van der Waals surface area (Å²) >= 11 is 0. The van der Waals surface area contributed by atoms with E-state index in [0.29, 0.717) is 5.69 Å². The van der Waals surface area contributed by atoms with Crippen LogP contribution < -0.4 is 10.1 Å². The van der Waals surface area contributed by atoms with E-state index < -0.39 is 5.97 Å². The molecule has 1 aromatic heterocycles. The molecule has 8 heteroatoms. The van der Waals surface area contributed by atoms with Crippen molar-refractivity contribution in [2.75, 3.05) is 7.11 Å². The molecule has 0 bridgehead atoms. The SMILES string of the molecule is COc1ccc2cc(C(C)C(=O)NCc3cn(CC(=O)O)nn3)ccc2c1. The number of carbonyl (C=O) groups excluding carboxylic acids is 1. The number of benzene rings is 2. The fraction of sp³-hybridized carbons (Fsp3) is 0.263. The lowest BCUT2D eigenvalue weighted by atomic mass is 9.97. The van der Waals surface area contributed by atoms with E-state index in [1.54, 1.807) is 7.11 Å². The number of carboxylic acid groups (broad SMARTS) is 1. The van der Waals surface area contributed by atoms with Crippen LogP contribution in [0.5, 0.6) is 5.75 Å². The van der Waals surface area contributed by atoms with Gasteiger partial charge in [-0.1, -0.05) is 29.5 Å². The zero-order valence-corrected chi connectivity index (χ0v) is 15.0. The van der Waals surface area contributed by atoms with Gasteiger partial charge >= 0.3 is 5.97 Å². The zero-order valence-electron chi connectivity index (χ0n) is 15.0. The molecular weight excluding hydrogens is 348 g/mol. The van der Waals surface area contributed by atoms with E-state index in [0.717, 1.165) is 22.1 Å². The van der Waals surface area contributed by atoms with Crippen LogP contribution in [0.2, 0.25) is 0 Å². The van der Waals surface area contributed by atoms with Crippen LogP contribution in [-0.2, 0) is 22.7 Å². The number of aliphatic carboxylic acids is 1. The number of rotatable bonds is 7. The molecule has 0 radical (unpaired) electrons. The average Bonchev–Trinajstić information content (AvgIpc) is 3.11. The summed E-state index contributed by atoms with van der Waals surface area (Å²) in [5, 5.41) is 21.2. The maximum absolute atomic E-state index is 12.5. The molecule has 0 fully saturated rings. The average molecular weight is 368 g/mol. The number of nitrogens with zero attached hydrogens (tertiary/aromatic N) is 3. The fourth-order valence-electron chi connectivity index (χ4n) is 2.76. The molecule has 3 aromatic rings. The van der Waals surface area contributed by atoms with Crippen LogP contribution in [0, 0.1) is 0 Å². The number of aromatic nitrogens is 3. The second-order valence-electron chi connectivity index (χ2n) is 6.21. The number of carboxylic acids is 1. The number of hydrogen-bond acceptors (Lipinski definition) is 5. The number of nitrogens with one attached hydrogen (secondary N) is 1. The van der Waals surface area contributed by atoms with Crippen LogP contribution >= 0.6 is 0 Å². The Balaban J connectivity index is 1.65. The van der Waals surface area contributed by atoms with Crippen molar-refractivity contribution in [3.63, 3.8) is 0 Å². The first-order valence-electron chi connectivity index (χ1n) is 8.42. The summed E-state index contributed by atoms with van der Waals surface area (Å²) in [6.07, 6.45) is 1.50. The highest BCUT2D eigenvalue weighted by Crippen LogP contribution is 2.25. The van der Waals surface area contributed by atoms with Crippen LogP contribution in [0.4, 0.5) is 0 Å². The lowest BCUT2D eigenvalue weighted by Gasteiger charge is -2.13. The standard InChI is InChI=1S/C19H20N4O4/c1-12(13-3-4-15-8-17(27-2)6-5-14(15)7-13)19(26)20-9-16-10-23(22-21-16)11-18(24)25/h3-8,10,12H,9,11H2,1-2H3,(H,20,26)(H,24,25). The van der Waals surface area contributed by atoms with Crippen molar-refractivity contribution in [2.24, 2.45) is 0 Å². The van der Waals surface area contributed by atoms with Gasteiger partial charge in [0.25, 0.3) is 0 Å². The van der Waals surface area contributed by atoms with Gasteiger partial charge in [-0.3, -0.25) is 9.59 Å². The van der Waals surface area contributed by atoms with Crippen molar-refractivity contribution in [1.29, 1.82) is 0 Å². The molecule has 140 valence electrons. The molecule has 0 spiro atoms. The van der Waals surface area contributed by atoms with Crippen molar-refractivity contribution < 1.29 is 19.4 Å². The Bertz CT molecular complexity index is 983. The van der Waals surface area contributed by atoms with E-state index in [-0.39, 0.29) is 24.9 Å². The summed E-state index contributed by atoms with van der Waals surface area (Å²) in [4.78, 5) is 23.1. The van der Waals surface area contributed by atoms with Gasteiger partial charge in [-0.15, -0.1) is 5.10 Å². The van der Waals surface area contributed by atoms with Crippen molar-refractivity contribution >= 4 is 22.6 Å². The van der Waals surface area contributed by atoms with Gasteiger partial charge in [0.05, 0.1) is 25.8 Å². The van der Waals surface area contributed by atoms with Crippen molar-refractivity contribution in [3.05, 3.63) is 53.9 Å². The quantitative estimate of drug-likeness (QED) is 0.660. The molecule has 2 aromatic carbocycles. The van der Waals surface area contributed by atoms with E-state index >= 15 is 0 Å². The number of amides is 1. The second-order valence-corrected chi connectivity index (χ2v) is 6.21. The van der Waals surface area contributed by atoms with Crippen molar-refractivity contribution in [3.8, 4) is 5.75 Å². The van der Waals surface area contributed by atoms with E-state index in [9.17, 15) is 9.59 Å². The summed E-state index contributed by atoms with van der Waals surface area (Å²) in [6.45, 7) is 1.76. The third-order valence-corrected chi connectivity index (χ3v) is 4.29. The molecule has 1 heterocycles. The number of methoxy groups -OCH3 is 1. The summed E-state index contributed by atoms with van der Waals surface area (Å²) < 4.78 is 6.44. The van der Waals surface area contributed by atoms with Crippen molar-refractivity contribution in [2.45, 2.75) is 25.9 Å². The molecule has 27 heavy (non-hydrogen) atoms. The maximum Gasteiger partial charge on any atom is 0.325 e. The van der Waals surface area contributed by atoms with Gasteiger partial charge in [-0.05, 0) is 35.4 Å².